The minimum absolute atomic E-state index is 0.361. The molecule has 1 aromatic heterocycles. The first kappa shape index (κ1) is 17.3. The second-order valence-corrected chi connectivity index (χ2v) is 10.5. The van der Waals surface area contributed by atoms with Crippen molar-refractivity contribution in [3.8, 4) is 5.30 Å². The van der Waals surface area contributed by atoms with Crippen LogP contribution >= 0.6 is 15.5 Å². The first-order valence-electron chi connectivity index (χ1n) is 8.89. The minimum atomic E-state index is -0.554. The van der Waals surface area contributed by atoms with Crippen LogP contribution in [0.5, 0.6) is 0 Å². The molecule has 0 N–H and O–H groups in total. The van der Waals surface area contributed by atoms with E-state index in [-0.39, 0.29) is 7.53 Å². The van der Waals surface area contributed by atoms with Crippen LogP contribution in [0, 0.1) is 13.8 Å². The van der Waals surface area contributed by atoms with E-state index in [2.05, 4.69) is 110 Å². The highest BCUT2D eigenvalue weighted by atomic mass is 31.1. The Bertz CT molecular complexity index is 942. The summed E-state index contributed by atoms with van der Waals surface area (Å²) in [6.07, 6.45) is 0. The molecule has 1 heterocycles. The third-order valence-corrected chi connectivity index (χ3v) is 9.67. The summed E-state index contributed by atoms with van der Waals surface area (Å²) < 4.78 is 0. The Balaban J connectivity index is 1.93. The van der Waals surface area contributed by atoms with Crippen LogP contribution < -0.4 is 15.9 Å². The fourth-order valence-corrected chi connectivity index (χ4v) is 8.42. The molecule has 0 amide bonds. The molecule has 0 radical (unpaired) electrons. The largest absolute Gasteiger partial charge is 0.0922 e. The number of hydrogen-bond donors (Lipinski definition) is 0. The molecule has 4 aromatic rings. The molecule has 26 heavy (non-hydrogen) atoms. The van der Waals surface area contributed by atoms with Crippen LogP contribution in [0.1, 0.15) is 11.1 Å². The molecule has 0 aliphatic heterocycles. The SMILES string of the molecule is Cc1cp(-c2ccccc2P(c2ccccc2)c2ccccc2)cc1C. The van der Waals surface area contributed by atoms with E-state index in [0.717, 1.165) is 0 Å². The summed E-state index contributed by atoms with van der Waals surface area (Å²) >= 11 is 0. The van der Waals surface area contributed by atoms with Gasteiger partial charge >= 0.3 is 0 Å². The van der Waals surface area contributed by atoms with Gasteiger partial charge in [0.05, 0.1) is 0 Å². The quantitative estimate of drug-likeness (QED) is 0.383. The molecule has 0 fully saturated rings. The lowest BCUT2D eigenvalue weighted by atomic mass is 10.2. The summed E-state index contributed by atoms with van der Waals surface area (Å²) in [7, 11) is -0.915. The Hall–Kier alpha value is -2.13. The van der Waals surface area contributed by atoms with Gasteiger partial charge in [-0.25, -0.2) is 0 Å². The predicted molar refractivity (Wildman–Crippen MR) is 119 cm³/mol. The summed E-state index contributed by atoms with van der Waals surface area (Å²) in [5, 5.41) is 5.81. The van der Waals surface area contributed by atoms with Gasteiger partial charge in [-0.05, 0) is 60.4 Å². The maximum Gasteiger partial charge on any atom is 0.00619 e. The zero-order valence-electron chi connectivity index (χ0n) is 15.1. The molecule has 0 bridgehead atoms. The monoisotopic (exact) mass is 372 g/mol. The van der Waals surface area contributed by atoms with Crippen molar-refractivity contribution in [1.29, 1.82) is 0 Å². The molecule has 0 aliphatic carbocycles. The van der Waals surface area contributed by atoms with Crippen LogP contribution in [-0.4, -0.2) is 0 Å². The standard InChI is InChI=1S/C24H22P2/c1-19-17-25(18-20(19)2)23-15-9-10-16-24(23)26(21-11-5-3-6-12-21)22-13-7-4-8-14-22/h3-18H,1-2H3. The lowest BCUT2D eigenvalue weighted by molar-refractivity contribution is 1.41. The Morgan fingerprint density at radius 1 is 0.577 bits per heavy atom. The third kappa shape index (κ3) is 3.41. The van der Waals surface area contributed by atoms with E-state index in [4.69, 9.17) is 0 Å². The van der Waals surface area contributed by atoms with Gasteiger partial charge < -0.3 is 0 Å². The van der Waals surface area contributed by atoms with Crippen LogP contribution in [0.3, 0.4) is 0 Å². The molecule has 2 heteroatoms. The first-order chi connectivity index (χ1) is 12.7. The van der Waals surface area contributed by atoms with Gasteiger partial charge in [-0.15, -0.1) is 0 Å². The normalized spacial score (nSPS) is 11.0. The van der Waals surface area contributed by atoms with E-state index < -0.39 is 7.92 Å². The average Bonchev–Trinajstić information content (AvgIpc) is 3.03. The van der Waals surface area contributed by atoms with Gasteiger partial charge in [-0.3, -0.25) is 0 Å². The van der Waals surface area contributed by atoms with Crippen LogP contribution in [-0.2, 0) is 0 Å². The fraction of sp³-hybridized carbons (Fsp3) is 0.0833. The molecule has 0 atom stereocenters. The first-order valence-corrected chi connectivity index (χ1v) is 11.7. The molecule has 0 spiro atoms. The zero-order valence-corrected chi connectivity index (χ0v) is 16.9. The Kier molecular flexibility index (Phi) is 5.07. The van der Waals surface area contributed by atoms with Crippen molar-refractivity contribution >= 4 is 31.4 Å². The molecule has 4 rings (SSSR count). The van der Waals surface area contributed by atoms with Gasteiger partial charge in [0.25, 0.3) is 0 Å². The molecule has 3 aromatic carbocycles. The molecular weight excluding hydrogens is 350 g/mol. The Morgan fingerprint density at radius 3 is 1.58 bits per heavy atom. The van der Waals surface area contributed by atoms with Crippen LogP contribution in [0.25, 0.3) is 5.30 Å². The summed E-state index contributed by atoms with van der Waals surface area (Å²) in [5.41, 5.74) is 2.85. The second kappa shape index (κ2) is 7.63. The number of rotatable bonds is 4. The van der Waals surface area contributed by atoms with E-state index in [1.807, 2.05) is 0 Å². The van der Waals surface area contributed by atoms with Crippen molar-refractivity contribution in [3.05, 3.63) is 108 Å². The Labute approximate surface area is 158 Å². The van der Waals surface area contributed by atoms with Crippen molar-refractivity contribution < 1.29 is 0 Å². The summed E-state index contributed by atoms with van der Waals surface area (Å²) in [4.78, 5) is 0. The van der Waals surface area contributed by atoms with Crippen molar-refractivity contribution in [1.82, 2.24) is 0 Å². The van der Waals surface area contributed by atoms with E-state index in [1.165, 1.54) is 32.3 Å². The summed E-state index contributed by atoms with van der Waals surface area (Å²) in [5.74, 6) is 4.93. The molecule has 0 nitrogen and oxygen atoms in total. The van der Waals surface area contributed by atoms with E-state index in [0.29, 0.717) is 0 Å². The number of benzene rings is 3. The van der Waals surface area contributed by atoms with Gasteiger partial charge in [0, 0.05) is 5.30 Å². The van der Waals surface area contributed by atoms with Crippen LogP contribution in [0.4, 0.5) is 0 Å². The second-order valence-electron chi connectivity index (χ2n) is 6.53. The molecule has 0 saturated carbocycles. The summed E-state index contributed by atoms with van der Waals surface area (Å²) in [6, 6.07) is 31.0. The van der Waals surface area contributed by atoms with Gasteiger partial charge in [-0.1, -0.05) is 92.5 Å². The van der Waals surface area contributed by atoms with Crippen molar-refractivity contribution in [2.24, 2.45) is 0 Å². The minimum Gasteiger partial charge on any atom is -0.0922 e. The highest BCUT2D eigenvalue weighted by Gasteiger charge is 2.20. The average molecular weight is 372 g/mol. The highest BCUT2D eigenvalue weighted by Crippen LogP contribution is 2.46. The van der Waals surface area contributed by atoms with E-state index in [9.17, 15) is 0 Å². The molecule has 0 saturated heterocycles. The lowest BCUT2D eigenvalue weighted by Crippen LogP contribution is -2.21. The van der Waals surface area contributed by atoms with Gasteiger partial charge in [0.1, 0.15) is 0 Å². The molecule has 0 unspecified atom stereocenters. The van der Waals surface area contributed by atoms with Gasteiger partial charge in [0.15, 0.2) is 0 Å². The molecular formula is C24H22P2. The van der Waals surface area contributed by atoms with Gasteiger partial charge in [-0.2, -0.15) is 0 Å². The predicted octanol–water partition coefficient (Wildman–Crippen LogP) is 6.04. The topological polar surface area (TPSA) is 0 Å². The fourth-order valence-electron chi connectivity index (χ4n) is 3.25. The van der Waals surface area contributed by atoms with E-state index in [1.54, 1.807) is 0 Å². The van der Waals surface area contributed by atoms with Crippen molar-refractivity contribution in [3.63, 3.8) is 0 Å². The molecule has 0 aliphatic rings. The summed E-state index contributed by atoms with van der Waals surface area (Å²) in [6.45, 7) is 4.46. The number of hydrogen-bond acceptors (Lipinski definition) is 0. The lowest BCUT2D eigenvalue weighted by Gasteiger charge is -2.22. The van der Waals surface area contributed by atoms with Crippen molar-refractivity contribution in [2.45, 2.75) is 13.8 Å². The maximum absolute atomic E-state index is 2.47. The maximum atomic E-state index is 2.47. The van der Waals surface area contributed by atoms with Gasteiger partial charge in [0.2, 0.25) is 0 Å². The van der Waals surface area contributed by atoms with E-state index >= 15 is 0 Å². The highest BCUT2D eigenvalue weighted by molar-refractivity contribution is 7.81. The zero-order chi connectivity index (χ0) is 17.9. The van der Waals surface area contributed by atoms with Crippen LogP contribution in [0.15, 0.2) is 96.5 Å². The Morgan fingerprint density at radius 2 is 1.04 bits per heavy atom. The smallest absolute Gasteiger partial charge is 0.00619 e. The third-order valence-electron chi connectivity index (χ3n) is 4.72. The molecule has 128 valence electrons. The van der Waals surface area contributed by atoms with Crippen molar-refractivity contribution in [2.75, 3.05) is 0 Å². The van der Waals surface area contributed by atoms with Crippen LogP contribution in [0.2, 0.25) is 0 Å². The number of aryl methyl sites for hydroxylation is 2.